The molecule has 2 aromatic heterocycles. The SMILES string of the molecule is Cc1cc(-c2ccc(NS(=O)(=O)c3ccccc3C#N)c(F)c2)nc2cnc(N[C@H]3CC[C@H](NC(=O)OC(C)(C)C)CC3)nc12. The number of pyridine rings is 1. The minimum absolute atomic E-state index is 0.0431. The summed E-state index contributed by atoms with van der Waals surface area (Å²) in [6, 6.07) is 13.6. The van der Waals surface area contributed by atoms with E-state index in [4.69, 9.17) is 4.74 Å². The third kappa shape index (κ3) is 7.64. The average Bonchev–Trinajstić information content (AvgIpc) is 2.98. The summed E-state index contributed by atoms with van der Waals surface area (Å²) in [4.78, 5) is 25.6. The first kappa shape index (κ1) is 31.6. The fourth-order valence-electron chi connectivity index (χ4n) is 5.19. The standard InChI is InChI=1S/C32H34FN7O4S/c1-19-15-26(20-9-14-25(24(33)16-20)40-45(42,43)28-8-6-5-7-21(28)17-34)38-27-18-35-30(39-29(19)27)36-22-10-12-23(13-11-22)37-31(41)44-32(2,3)4/h5-9,14-16,18,22-23,40H,10-13H2,1-4H3,(H,37,41)(H,35,36,39)/t22-,23-. The van der Waals surface area contributed by atoms with Crippen LogP contribution in [0.5, 0.6) is 0 Å². The fraction of sp³-hybridized carbons (Fsp3) is 0.344. The molecule has 5 rings (SSSR count). The van der Waals surface area contributed by atoms with E-state index in [1.165, 1.54) is 30.3 Å². The molecule has 1 aliphatic rings. The predicted octanol–water partition coefficient (Wildman–Crippen LogP) is 6.06. The van der Waals surface area contributed by atoms with Crippen LogP contribution in [0.2, 0.25) is 0 Å². The fourth-order valence-corrected chi connectivity index (χ4v) is 6.42. The van der Waals surface area contributed by atoms with Gasteiger partial charge in [-0.25, -0.2) is 32.6 Å². The van der Waals surface area contributed by atoms with Gasteiger partial charge in [-0.2, -0.15) is 5.26 Å². The Kier molecular flexibility index (Phi) is 8.88. The van der Waals surface area contributed by atoms with Crippen molar-refractivity contribution in [3.8, 4) is 17.3 Å². The number of alkyl carbamates (subject to hydrolysis) is 1. The second-order valence-corrected chi connectivity index (χ2v) is 13.6. The zero-order chi connectivity index (χ0) is 32.4. The number of hydrogen-bond donors (Lipinski definition) is 3. The molecule has 13 heteroatoms. The molecule has 11 nitrogen and oxygen atoms in total. The lowest BCUT2D eigenvalue weighted by atomic mass is 9.91. The summed E-state index contributed by atoms with van der Waals surface area (Å²) >= 11 is 0. The van der Waals surface area contributed by atoms with E-state index in [0.29, 0.717) is 28.2 Å². The maximum atomic E-state index is 15.1. The second-order valence-electron chi connectivity index (χ2n) is 12.0. The number of carbonyl (C=O) groups excluding carboxylic acids is 1. The molecule has 2 heterocycles. The van der Waals surface area contributed by atoms with Crippen molar-refractivity contribution in [2.45, 2.75) is 76.0 Å². The highest BCUT2D eigenvalue weighted by Gasteiger charge is 2.25. The number of amides is 1. The topological polar surface area (TPSA) is 159 Å². The Bertz CT molecular complexity index is 1900. The Morgan fingerprint density at radius 3 is 2.44 bits per heavy atom. The van der Waals surface area contributed by atoms with Gasteiger partial charge >= 0.3 is 6.09 Å². The summed E-state index contributed by atoms with van der Waals surface area (Å²) in [6.45, 7) is 7.38. The van der Waals surface area contributed by atoms with Gasteiger partial charge in [0.05, 0.1) is 28.7 Å². The average molecular weight is 632 g/mol. The number of hydrogen-bond acceptors (Lipinski definition) is 9. The summed E-state index contributed by atoms with van der Waals surface area (Å²) in [5.74, 6) is -0.318. The molecule has 234 valence electrons. The second kappa shape index (κ2) is 12.6. The quantitative estimate of drug-likeness (QED) is 0.220. The highest BCUT2D eigenvalue weighted by atomic mass is 32.2. The highest BCUT2D eigenvalue weighted by molar-refractivity contribution is 7.92. The normalized spacial score (nSPS) is 16.9. The van der Waals surface area contributed by atoms with E-state index in [-0.39, 0.29) is 28.2 Å². The maximum absolute atomic E-state index is 15.1. The lowest BCUT2D eigenvalue weighted by Gasteiger charge is -2.30. The van der Waals surface area contributed by atoms with Crippen molar-refractivity contribution in [2.24, 2.45) is 0 Å². The van der Waals surface area contributed by atoms with Crippen LogP contribution in [0, 0.1) is 24.1 Å². The molecule has 1 aliphatic carbocycles. The Morgan fingerprint density at radius 2 is 1.76 bits per heavy atom. The number of carbonyl (C=O) groups is 1. The number of sulfonamides is 1. The van der Waals surface area contributed by atoms with Gasteiger partial charge in [0.1, 0.15) is 27.9 Å². The third-order valence-electron chi connectivity index (χ3n) is 7.32. The van der Waals surface area contributed by atoms with Crippen molar-refractivity contribution < 1.29 is 22.3 Å². The van der Waals surface area contributed by atoms with Gasteiger partial charge in [-0.1, -0.05) is 18.2 Å². The zero-order valence-corrected chi connectivity index (χ0v) is 26.2. The van der Waals surface area contributed by atoms with Crippen LogP contribution in [-0.4, -0.2) is 47.1 Å². The molecule has 3 N–H and O–H groups in total. The molecule has 1 saturated carbocycles. The molecule has 0 radical (unpaired) electrons. The van der Waals surface area contributed by atoms with Crippen molar-refractivity contribution in [1.82, 2.24) is 20.3 Å². The van der Waals surface area contributed by atoms with Crippen LogP contribution in [0.1, 0.15) is 57.6 Å². The van der Waals surface area contributed by atoms with Crippen LogP contribution in [0.15, 0.2) is 59.6 Å². The van der Waals surface area contributed by atoms with Gasteiger partial charge in [0, 0.05) is 17.6 Å². The van der Waals surface area contributed by atoms with Gasteiger partial charge in [-0.3, -0.25) is 4.72 Å². The van der Waals surface area contributed by atoms with E-state index in [0.717, 1.165) is 31.2 Å². The van der Waals surface area contributed by atoms with Crippen molar-refractivity contribution in [3.05, 3.63) is 71.7 Å². The molecule has 0 unspecified atom stereocenters. The van der Waals surface area contributed by atoms with Crippen LogP contribution >= 0.6 is 0 Å². The number of halogens is 1. The molecule has 0 atom stereocenters. The number of fused-ring (bicyclic) bond motifs is 1. The number of ether oxygens (including phenoxy) is 1. The lowest BCUT2D eigenvalue weighted by molar-refractivity contribution is 0.0492. The number of aromatic nitrogens is 3. The summed E-state index contributed by atoms with van der Waals surface area (Å²) in [7, 11) is -4.19. The van der Waals surface area contributed by atoms with E-state index in [1.807, 2.05) is 33.8 Å². The molecular weight excluding hydrogens is 597 g/mol. The van der Waals surface area contributed by atoms with Gasteiger partial charge < -0.3 is 15.4 Å². The number of anilines is 2. The van der Waals surface area contributed by atoms with E-state index < -0.39 is 27.5 Å². The van der Waals surface area contributed by atoms with Crippen LogP contribution in [0.4, 0.5) is 20.8 Å². The number of nitriles is 1. The van der Waals surface area contributed by atoms with E-state index in [2.05, 4.69) is 30.3 Å². The van der Waals surface area contributed by atoms with E-state index in [1.54, 1.807) is 24.4 Å². The summed E-state index contributed by atoms with van der Waals surface area (Å²) in [5.41, 5.74) is 2.07. The zero-order valence-electron chi connectivity index (χ0n) is 25.4. The predicted molar refractivity (Wildman–Crippen MR) is 168 cm³/mol. The molecule has 2 aromatic carbocycles. The van der Waals surface area contributed by atoms with Crippen molar-refractivity contribution in [1.29, 1.82) is 5.26 Å². The highest BCUT2D eigenvalue weighted by Crippen LogP contribution is 2.29. The molecule has 1 fully saturated rings. The number of rotatable bonds is 7. The summed E-state index contributed by atoms with van der Waals surface area (Å²) in [6.07, 6.45) is 4.49. The third-order valence-corrected chi connectivity index (χ3v) is 8.75. The van der Waals surface area contributed by atoms with Gasteiger partial charge in [0.2, 0.25) is 5.95 Å². The lowest BCUT2D eigenvalue weighted by Crippen LogP contribution is -2.42. The first-order chi connectivity index (χ1) is 21.3. The monoisotopic (exact) mass is 631 g/mol. The van der Waals surface area contributed by atoms with Crippen LogP contribution in [0.3, 0.4) is 0 Å². The molecule has 0 saturated heterocycles. The first-order valence-electron chi connectivity index (χ1n) is 14.5. The largest absolute Gasteiger partial charge is 0.444 e. The van der Waals surface area contributed by atoms with Gasteiger partial charge in [0.15, 0.2) is 0 Å². The van der Waals surface area contributed by atoms with Crippen LogP contribution in [0.25, 0.3) is 22.3 Å². The smallest absolute Gasteiger partial charge is 0.407 e. The minimum atomic E-state index is -4.19. The first-order valence-corrected chi connectivity index (χ1v) is 16.0. The number of benzene rings is 2. The van der Waals surface area contributed by atoms with Gasteiger partial charge in [0.25, 0.3) is 10.0 Å². The Morgan fingerprint density at radius 1 is 1.04 bits per heavy atom. The number of aryl methyl sites for hydroxylation is 1. The van der Waals surface area contributed by atoms with E-state index in [9.17, 15) is 18.5 Å². The van der Waals surface area contributed by atoms with Crippen molar-refractivity contribution in [2.75, 3.05) is 10.0 Å². The minimum Gasteiger partial charge on any atom is -0.444 e. The number of nitrogens with zero attached hydrogens (tertiary/aromatic N) is 4. The maximum Gasteiger partial charge on any atom is 0.407 e. The Balaban J connectivity index is 1.26. The molecule has 0 aliphatic heterocycles. The van der Waals surface area contributed by atoms with Crippen molar-refractivity contribution in [3.63, 3.8) is 0 Å². The molecule has 0 bridgehead atoms. The molecule has 0 spiro atoms. The van der Waals surface area contributed by atoms with Crippen LogP contribution < -0.4 is 15.4 Å². The molecule has 1 amide bonds. The number of nitrogens with one attached hydrogen (secondary N) is 3. The molecule has 45 heavy (non-hydrogen) atoms. The van der Waals surface area contributed by atoms with Gasteiger partial charge in [-0.15, -0.1) is 0 Å². The Hall–Kier alpha value is -4.83. The van der Waals surface area contributed by atoms with E-state index >= 15 is 4.39 Å². The van der Waals surface area contributed by atoms with Gasteiger partial charge in [-0.05, 0) is 89.3 Å². The molecule has 4 aromatic rings. The Labute approximate surface area is 261 Å². The summed E-state index contributed by atoms with van der Waals surface area (Å²) in [5, 5.41) is 15.6. The molecular formula is C32H34FN7O4S. The van der Waals surface area contributed by atoms with Crippen molar-refractivity contribution >= 4 is 38.8 Å². The summed E-state index contributed by atoms with van der Waals surface area (Å²) < 4.78 is 48.4. The van der Waals surface area contributed by atoms with Crippen LogP contribution in [-0.2, 0) is 14.8 Å².